The van der Waals surface area contributed by atoms with Gasteiger partial charge < -0.3 is 16.2 Å². The Morgan fingerprint density at radius 2 is 1.70 bits per heavy atom. The van der Waals surface area contributed by atoms with Crippen molar-refractivity contribution >= 4 is 17.5 Å². The molecule has 1 atom stereocenters. The summed E-state index contributed by atoms with van der Waals surface area (Å²) >= 11 is 0. The predicted molar refractivity (Wildman–Crippen MR) is 118 cm³/mol. The first-order chi connectivity index (χ1) is 14.3. The largest absolute Gasteiger partial charge is 0.441 e. The van der Waals surface area contributed by atoms with Crippen LogP contribution in [-0.2, 0) is 4.74 Å². The number of anilines is 2. The van der Waals surface area contributed by atoms with Gasteiger partial charge in [0.2, 0.25) is 0 Å². The van der Waals surface area contributed by atoms with Crippen molar-refractivity contribution in [3.05, 3.63) is 59.7 Å². The van der Waals surface area contributed by atoms with Crippen molar-refractivity contribution in [2.75, 3.05) is 11.5 Å². The van der Waals surface area contributed by atoms with Gasteiger partial charge in [-0.15, -0.1) is 0 Å². The van der Waals surface area contributed by atoms with Crippen LogP contribution < -0.4 is 11.5 Å². The number of amides is 1. The number of nitriles is 1. The molecular formula is C24H30N4O2. The molecule has 2 aromatic rings. The Hall–Kier alpha value is -3.20. The summed E-state index contributed by atoms with van der Waals surface area (Å²) in [5.74, 6) is 0. The molecule has 1 aliphatic heterocycles. The Morgan fingerprint density at radius 3 is 2.30 bits per heavy atom. The van der Waals surface area contributed by atoms with Gasteiger partial charge in [0.05, 0.1) is 23.0 Å². The van der Waals surface area contributed by atoms with Crippen molar-refractivity contribution in [2.24, 2.45) is 0 Å². The maximum absolute atomic E-state index is 12.4. The fraction of sp³-hybridized carbons (Fsp3) is 0.417. The van der Waals surface area contributed by atoms with Crippen LogP contribution in [0.5, 0.6) is 0 Å². The van der Waals surface area contributed by atoms with Gasteiger partial charge in [0, 0.05) is 6.04 Å². The van der Waals surface area contributed by atoms with E-state index in [1.807, 2.05) is 43.0 Å². The highest BCUT2D eigenvalue weighted by Gasteiger charge is 2.50. The molecule has 2 aromatic carbocycles. The van der Waals surface area contributed by atoms with Crippen molar-refractivity contribution in [1.82, 2.24) is 4.90 Å². The number of nitrogens with two attached hydrogens (primary N) is 2. The Labute approximate surface area is 178 Å². The number of benzene rings is 2. The lowest BCUT2D eigenvalue weighted by Crippen LogP contribution is -2.41. The quantitative estimate of drug-likeness (QED) is 0.682. The van der Waals surface area contributed by atoms with Crippen molar-refractivity contribution in [1.29, 1.82) is 5.26 Å². The Balaban J connectivity index is 0.000000216. The third-order valence-corrected chi connectivity index (χ3v) is 5.84. The molecule has 1 unspecified atom stereocenters. The second kappa shape index (κ2) is 9.08. The van der Waals surface area contributed by atoms with E-state index in [2.05, 4.69) is 12.1 Å². The fourth-order valence-corrected chi connectivity index (χ4v) is 4.37. The average Bonchev–Trinajstić information content (AvgIpc) is 3.00. The number of carbonyl (C=O) groups excluding carboxylic acids is 1. The molecule has 1 aliphatic carbocycles. The van der Waals surface area contributed by atoms with E-state index < -0.39 is 5.60 Å². The molecule has 0 aromatic heterocycles. The molecule has 1 saturated carbocycles. The van der Waals surface area contributed by atoms with E-state index >= 15 is 0 Å². The zero-order valence-electron chi connectivity index (χ0n) is 17.7. The summed E-state index contributed by atoms with van der Waals surface area (Å²) in [5.41, 5.74) is 12.8. The van der Waals surface area contributed by atoms with E-state index in [1.54, 1.807) is 18.2 Å². The van der Waals surface area contributed by atoms with Gasteiger partial charge in [-0.2, -0.15) is 5.26 Å². The number of hydrogen-bond donors (Lipinski definition) is 2. The first-order valence-corrected chi connectivity index (χ1v) is 10.5. The van der Waals surface area contributed by atoms with Gasteiger partial charge in [-0.1, -0.05) is 55.7 Å². The molecule has 158 valence electrons. The molecule has 30 heavy (non-hydrogen) atoms. The van der Waals surface area contributed by atoms with Crippen LogP contribution in [0.3, 0.4) is 0 Å². The molecule has 4 rings (SSSR count). The van der Waals surface area contributed by atoms with Crippen LogP contribution in [0.15, 0.2) is 48.5 Å². The van der Waals surface area contributed by atoms with Gasteiger partial charge in [0.15, 0.2) is 0 Å². The molecule has 0 bridgehead atoms. The smallest absolute Gasteiger partial charge is 0.411 e. The molecular weight excluding hydrogens is 376 g/mol. The summed E-state index contributed by atoms with van der Waals surface area (Å²) in [7, 11) is 0. The monoisotopic (exact) mass is 406 g/mol. The molecule has 4 N–H and O–H groups in total. The van der Waals surface area contributed by atoms with Gasteiger partial charge in [0.1, 0.15) is 11.7 Å². The third kappa shape index (κ3) is 4.51. The van der Waals surface area contributed by atoms with Crippen molar-refractivity contribution in [3.63, 3.8) is 0 Å². The molecule has 0 spiro atoms. The zero-order chi connectivity index (χ0) is 21.7. The summed E-state index contributed by atoms with van der Waals surface area (Å²) in [6.45, 7) is 4.04. The minimum Gasteiger partial charge on any atom is -0.441 e. The second-order valence-electron chi connectivity index (χ2n) is 8.40. The normalized spacial score (nSPS) is 20.6. The molecule has 6 heteroatoms. The SMILES string of the molecule is CC1(C)OC(=O)N(C2CCCCC2)C1c1ccccc1.N#Cc1cccc(N)c1N. The summed E-state index contributed by atoms with van der Waals surface area (Å²) < 4.78 is 5.67. The lowest BCUT2D eigenvalue weighted by Gasteiger charge is -2.36. The van der Waals surface area contributed by atoms with Crippen LogP contribution in [0.1, 0.15) is 63.1 Å². The van der Waals surface area contributed by atoms with Gasteiger partial charge in [-0.3, -0.25) is 4.90 Å². The zero-order valence-corrected chi connectivity index (χ0v) is 17.7. The summed E-state index contributed by atoms with van der Waals surface area (Å²) in [6.07, 6.45) is 5.80. The van der Waals surface area contributed by atoms with E-state index in [0.29, 0.717) is 23.0 Å². The minimum absolute atomic E-state index is 0.0271. The van der Waals surface area contributed by atoms with Gasteiger partial charge in [0.25, 0.3) is 0 Å². The van der Waals surface area contributed by atoms with E-state index in [-0.39, 0.29) is 12.1 Å². The molecule has 1 amide bonds. The highest BCUT2D eigenvalue weighted by atomic mass is 16.6. The lowest BCUT2D eigenvalue weighted by molar-refractivity contribution is 0.0665. The number of carbonyl (C=O) groups is 1. The van der Waals surface area contributed by atoms with E-state index in [9.17, 15) is 4.79 Å². The van der Waals surface area contributed by atoms with Crippen LogP contribution >= 0.6 is 0 Å². The Morgan fingerprint density at radius 1 is 1.03 bits per heavy atom. The maximum Gasteiger partial charge on any atom is 0.411 e. The molecule has 2 fully saturated rings. The fourth-order valence-electron chi connectivity index (χ4n) is 4.37. The predicted octanol–water partition coefficient (Wildman–Crippen LogP) is 5.01. The Kier molecular flexibility index (Phi) is 6.51. The number of ether oxygens (including phenoxy) is 1. The molecule has 1 heterocycles. The van der Waals surface area contributed by atoms with E-state index in [4.69, 9.17) is 21.5 Å². The van der Waals surface area contributed by atoms with E-state index in [0.717, 1.165) is 12.8 Å². The van der Waals surface area contributed by atoms with E-state index in [1.165, 1.54) is 24.8 Å². The summed E-state index contributed by atoms with van der Waals surface area (Å²) in [5, 5.41) is 8.46. The topological polar surface area (TPSA) is 105 Å². The number of para-hydroxylation sites is 1. The van der Waals surface area contributed by atoms with Crippen LogP contribution in [-0.4, -0.2) is 22.6 Å². The summed E-state index contributed by atoms with van der Waals surface area (Å²) in [6, 6.07) is 17.6. The maximum atomic E-state index is 12.4. The minimum atomic E-state index is -0.462. The number of nitrogens with zero attached hydrogens (tertiary/aromatic N) is 2. The average molecular weight is 407 g/mol. The van der Waals surface area contributed by atoms with Crippen LogP contribution in [0.2, 0.25) is 0 Å². The van der Waals surface area contributed by atoms with Gasteiger partial charge in [-0.25, -0.2) is 4.79 Å². The lowest BCUT2D eigenvalue weighted by atomic mass is 9.87. The molecule has 0 radical (unpaired) electrons. The number of nitrogen functional groups attached to an aromatic ring is 2. The highest BCUT2D eigenvalue weighted by molar-refractivity contribution is 5.72. The molecule has 2 aliphatic rings. The van der Waals surface area contributed by atoms with Gasteiger partial charge >= 0.3 is 6.09 Å². The molecule has 1 saturated heterocycles. The van der Waals surface area contributed by atoms with Crippen molar-refractivity contribution < 1.29 is 9.53 Å². The van der Waals surface area contributed by atoms with Crippen LogP contribution in [0.25, 0.3) is 0 Å². The third-order valence-electron chi connectivity index (χ3n) is 5.84. The number of cyclic esters (lactones) is 1. The molecule has 6 nitrogen and oxygen atoms in total. The van der Waals surface area contributed by atoms with Gasteiger partial charge in [-0.05, 0) is 44.4 Å². The number of rotatable bonds is 2. The number of hydrogen-bond acceptors (Lipinski definition) is 5. The summed E-state index contributed by atoms with van der Waals surface area (Å²) in [4.78, 5) is 14.4. The first-order valence-electron chi connectivity index (χ1n) is 10.5. The second-order valence-corrected chi connectivity index (χ2v) is 8.40. The highest BCUT2D eigenvalue weighted by Crippen LogP contribution is 2.44. The Bertz CT molecular complexity index is 915. The van der Waals surface area contributed by atoms with Crippen molar-refractivity contribution in [3.8, 4) is 6.07 Å². The first kappa shape index (κ1) is 21.5. The standard InChI is InChI=1S/C17H23NO2.C7H7N3/c1-17(2)15(13-9-5-3-6-10-13)18(16(19)20-17)14-11-7-4-8-12-14;8-4-5-2-1-3-6(9)7(5)10/h3,5-6,9-10,14-15H,4,7-8,11-12H2,1-2H3;1-3H,9-10H2. The van der Waals surface area contributed by atoms with Crippen LogP contribution in [0, 0.1) is 11.3 Å². The van der Waals surface area contributed by atoms with Crippen LogP contribution in [0.4, 0.5) is 16.2 Å². The van der Waals surface area contributed by atoms with Crippen molar-refractivity contribution in [2.45, 2.75) is 63.6 Å².